The van der Waals surface area contributed by atoms with E-state index in [0.717, 1.165) is 11.1 Å². The van der Waals surface area contributed by atoms with Gasteiger partial charge in [0.15, 0.2) is 11.5 Å². The Morgan fingerprint density at radius 3 is 2.69 bits per heavy atom. The zero-order valence-electron chi connectivity index (χ0n) is 14.5. The summed E-state index contributed by atoms with van der Waals surface area (Å²) in [7, 11) is 0. The summed E-state index contributed by atoms with van der Waals surface area (Å²) >= 11 is 6.00. The van der Waals surface area contributed by atoms with Crippen molar-refractivity contribution >= 4 is 29.4 Å². The van der Waals surface area contributed by atoms with Crippen LogP contribution in [0.1, 0.15) is 25.0 Å². The third-order valence-corrected chi connectivity index (χ3v) is 3.97. The fourth-order valence-electron chi connectivity index (χ4n) is 2.48. The lowest BCUT2D eigenvalue weighted by molar-refractivity contribution is -0.136. The Bertz CT molecular complexity index is 889. The van der Waals surface area contributed by atoms with Crippen LogP contribution in [0.2, 0.25) is 5.02 Å². The quantitative estimate of drug-likeness (QED) is 0.548. The minimum atomic E-state index is -0.457. The van der Waals surface area contributed by atoms with E-state index in [2.05, 4.69) is 9.99 Å². The fourth-order valence-corrected chi connectivity index (χ4v) is 2.69. The molecule has 0 fully saturated rings. The van der Waals surface area contributed by atoms with Crippen LogP contribution < -0.4 is 9.47 Å². The first-order valence-corrected chi connectivity index (χ1v) is 8.56. The molecule has 3 rings (SSSR count). The van der Waals surface area contributed by atoms with E-state index in [1.807, 2.05) is 49.4 Å². The van der Waals surface area contributed by atoms with Gasteiger partial charge in [0.25, 0.3) is 0 Å². The molecule has 0 amide bonds. The fraction of sp³-hybridized carbons (Fsp3) is 0.200. The maximum atomic E-state index is 11.7. The normalized spacial score (nSPS) is 15.0. The highest BCUT2D eigenvalue weighted by atomic mass is 35.5. The third kappa shape index (κ3) is 4.24. The summed E-state index contributed by atoms with van der Waals surface area (Å²) in [5, 5.41) is 4.34. The number of ether oxygens (including phenoxy) is 2. The van der Waals surface area contributed by atoms with Crippen molar-refractivity contribution in [1.29, 1.82) is 0 Å². The number of oxime groups is 1. The molecule has 1 heterocycles. The molecule has 1 aliphatic rings. The molecule has 0 spiro atoms. The molecule has 0 saturated heterocycles. The van der Waals surface area contributed by atoms with Gasteiger partial charge in [-0.1, -0.05) is 35.0 Å². The van der Waals surface area contributed by atoms with Gasteiger partial charge in [0, 0.05) is 5.02 Å². The van der Waals surface area contributed by atoms with Crippen LogP contribution in [0.15, 0.2) is 53.2 Å². The predicted molar refractivity (Wildman–Crippen MR) is 101 cm³/mol. The summed E-state index contributed by atoms with van der Waals surface area (Å²) in [5.74, 6) is 0.764. The van der Waals surface area contributed by atoms with Crippen molar-refractivity contribution < 1.29 is 19.1 Å². The zero-order valence-corrected chi connectivity index (χ0v) is 15.2. The Hall–Kier alpha value is -2.79. The molecule has 0 unspecified atom stereocenters. The summed E-state index contributed by atoms with van der Waals surface area (Å²) in [6, 6.07) is 13.0. The highest BCUT2D eigenvalue weighted by Crippen LogP contribution is 2.31. The van der Waals surface area contributed by atoms with Crippen molar-refractivity contribution in [2.24, 2.45) is 5.16 Å². The van der Waals surface area contributed by atoms with E-state index in [9.17, 15) is 4.79 Å². The monoisotopic (exact) mass is 371 g/mol. The number of hydrogen-bond acceptors (Lipinski definition) is 5. The lowest BCUT2D eigenvalue weighted by atomic mass is 10.1. The molecule has 134 valence electrons. The number of benzene rings is 2. The molecule has 6 heteroatoms. The second-order valence-corrected chi connectivity index (χ2v) is 6.11. The Morgan fingerprint density at radius 1 is 1.15 bits per heavy atom. The SMILES string of the molecule is CCOc1cc(/C=C2/C(=O)ON=C2C)ccc1OCc1cccc(Cl)c1. The van der Waals surface area contributed by atoms with Gasteiger partial charge in [-0.3, -0.25) is 0 Å². The lowest BCUT2D eigenvalue weighted by Gasteiger charge is -2.13. The Kier molecular flexibility index (Phi) is 5.58. The summed E-state index contributed by atoms with van der Waals surface area (Å²) in [6.07, 6.45) is 1.72. The van der Waals surface area contributed by atoms with Gasteiger partial charge >= 0.3 is 5.97 Å². The van der Waals surface area contributed by atoms with Crippen molar-refractivity contribution in [2.75, 3.05) is 6.61 Å². The van der Waals surface area contributed by atoms with Crippen LogP contribution >= 0.6 is 11.6 Å². The van der Waals surface area contributed by atoms with Crippen molar-refractivity contribution in [3.8, 4) is 11.5 Å². The average Bonchev–Trinajstić information content (AvgIpc) is 2.93. The van der Waals surface area contributed by atoms with Crippen LogP contribution in [-0.2, 0) is 16.2 Å². The van der Waals surface area contributed by atoms with Gasteiger partial charge < -0.3 is 14.3 Å². The smallest absolute Gasteiger partial charge is 0.367 e. The standard InChI is InChI=1S/C20H18ClNO4/c1-3-24-19-11-14(10-17-13(2)22-26-20(17)23)7-8-18(19)25-12-15-5-4-6-16(21)9-15/h4-11H,3,12H2,1-2H3/b17-10+. The molecule has 2 aromatic rings. The molecular weight excluding hydrogens is 354 g/mol. The van der Waals surface area contributed by atoms with Crippen LogP contribution in [0, 0.1) is 0 Å². The van der Waals surface area contributed by atoms with E-state index in [-0.39, 0.29) is 0 Å². The highest BCUT2D eigenvalue weighted by molar-refractivity contribution is 6.30. The van der Waals surface area contributed by atoms with Gasteiger partial charge in [-0.2, -0.15) is 0 Å². The lowest BCUT2D eigenvalue weighted by Crippen LogP contribution is -2.02. The first-order chi connectivity index (χ1) is 12.6. The molecule has 26 heavy (non-hydrogen) atoms. The van der Waals surface area contributed by atoms with E-state index in [1.165, 1.54) is 0 Å². The molecule has 0 atom stereocenters. The third-order valence-electron chi connectivity index (χ3n) is 3.74. The topological polar surface area (TPSA) is 57.1 Å². The molecule has 0 aliphatic carbocycles. The Morgan fingerprint density at radius 2 is 2.00 bits per heavy atom. The number of nitrogens with zero attached hydrogens (tertiary/aromatic N) is 1. The van der Waals surface area contributed by atoms with Crippen molar-refractivity contribution in [1.82, 2.24) is 0 Å². The molecule has 2 aromatic carbocycles. The van der Waals surface area contributed by atoms with Crippen LogP contribution in [0.4, 0.5) is 0 Å². The van der Waals surface area contributed by atoms with E-state index in [4.69, 9.17) is 21.1 Å². The highest BCUT2D eigenvalue weighted by Gasteiger charge is 2.21. The van der Waals surface area contributed by atoms with Crippen molar-refractivity contribution in [3.63, 3.8) is 0 Å². The maximum Gasteiger partial charge on any atom is 0.367 e. The Labute approximate surface area is 156 Å². The van der Waals surface area contributed by atoms with E-state index in [1.54, 1.807) is 13.0 Å². The summed E-state index contributed by atoms with van der Waals surface area (Å²) in [5.41, 5.74) is 2.74. The summed E-state index contributed by atoms with van der Waals surface area (Å²) in [6.45, 7) is 4.49. The van der Waals surface area contributed by atoms with Gasteiger partial charge in [0.1, 0.15) is 6.61 Å². The van der Waals surface area contributed by atoms with E-state index >= 15 is 0 Å². The van der Waals surface area contributed by atoms with E-state index < -0.39 is 5.97 Å². The molecule has 0 saturated carbocycles. The number of halogens is 1. The molecule has 1 aliphatic heterocycles. The van der Waals surface area contributed by atoms with Crippen LogP contribution in [0.5, 0.6) is 11.5 Å². The van der Waals surface area contributed by atoms with Crippen molar-refractivity contribution in [2.45, 2.75) is 20.5 Å². The second kappa shape index (κ2) is 8.06. The number of hydrogen-bond donors (Lipinski definition) is 0. The average molecular weight is 372 g/mol. The summed E-state index contributed by atoms with van der Waals surface area (Å²) in [4.78, 5) is 16.3. The van der Waals surface area contributed by atoms with Gasteiger partial charge in [0.2, 0.25) is 0 Å². The summed E-state index contributed by atoms with van der Waals surface area (Å²) < 4.78 is 11.6. The molecule has 0 bridgehead atoms. The first kappa shape index (κ1) is 18.0. The molecule has 0 N–H and O–H groups in total. The van der Waals surface area contributed by atoms with Gasteiger partial charge in [0.05, 0.1) is 17.9 Å². The van der Waals surface area contributed by atoms with Gasteiger partial charge in [-0.05, 0) is 55.3 Å². The second-order valence-electron chi connectivity index (χ2n) is 5.67. The first-order valence-electron chi connectivity index (χ1n) is 8.19. The van der Waals surface area contributed by atoms with E-state index in [0.29, 0.717) is 41.0 Å². The maximum absolute atomic E-state index is 11.7. The van der Waals surface area contributed by atoms with Gasteiger partial charge in [-0.15, -0.1) is 0 Å². The largest absolute Gasteiger partial charge is 0.490 e. The predicted octanol–water partition coefficient (Wildman–Crippen LogP) is 4.63. The van der Waals surface area contributed by atoms with Crippen LogP contribution in [0.3, 0.4) is 0 Å². The van der Waals surface area contributed by atoms with Crippen LogP contribution in [0.25, 0.3) is 6.08 Å². The minimum Gasteiger partial charge on any atom is -0.490 e. The Balaban J connectivity index is 1.81. The molecule has 0 radical (unpaired) electrons. The molecule has 0 aromatic heterocycles. The zero-order chi connectivity index (χ0) is 18.5. The number of carbonyl (C=O) groups is 1. The molecule has 5 nitrogen and oxygen atoms in total. The minimum absolute atomic E-state index is 0.374. The van der Waals surface area contributed by atoms with Crippen LogP contribution in [-0.4, -0.2) is 18.3 Å². The van der Waals surface area contributed by atoms with Gasteiger partial charge in [-0.25, -0.2) is 4.79 Å². The van der Waals surface area contributed by atoms with Crippen molar-refractivity contribution in [3.05, 3.63) is 64.2 Å². The number of rotatable bonds is 6. The number of carbonyl (C=O) groups excluding carboxylic acids is 1. The molecular formula is C20H18ClNO4.